The Morgan fingerprint density at radius 2 is 2.00 bits per heavy atom. The molecule has 0 saturated carbocycles. The predicted molar refractivity (Wildman–Crippen MR) is 57.5 cm³/mol. The number of hydrogen-bond acceptors (Lipinski definition) is 3. The topological polar surface area (TPSA) is 15.7 Å². The van der Waals surface area contributed by atoms with Crippen LogP contribution in [0.4, 0.5) is 0 Å². The first kappa shape index (κ1) is 10.4. The third kappa shape index (κ3) is 2.47. The molecule has 2 aliphatic rings. The second kappa shape index (κ2) is 5.10. The lowest BCUT2D eigenvalue weighted by atomic mass is 10.2. The second-order valence-corrected chi connectivity index (χ2v) is 4.34. The molecule has 14 heavy (non-hydrogen) atoms. The Hall–Kier alpha value is -0.120. The molecule has 0 unspecified atom stereocenters. The van der Waals surface area contributed by atoms with E-state index in [9.17, 15) is 0 Å². The van der Waals surface area contributed by atoms with Crippen LogP contribution in [-0.4, -0.2) is 61.8 Å². The fraction of sp³-hybridized carbons (Fsp3) is 1.00. The molecule has 2 heterocycles. The Balaban J connectivity index is 1.77. The summed E-state index contributed by atoms with van der Waals surface area (Å²) >= 11 is 0. The molecule has 0 aromatic rings. The van der Waals surface area contributed by atoms with Gasteiger partial charge in [-0.1, -0.05) is 6.92 Å². The first-order valence-corrected chi connectivity index (χ1v) is 5.94. The Morgan fingerprint density at radius 3 is 2.71 bits per heavy atom. The van der Waals surface area contributed by atoms with Crippen molar-refractivity contribution in [2.24, 2.45) is 0 Å². The molecule has 2 saturated heterocycles. The Bertz CT molecular complexity index is 169. The van der Waals surface area contributed by atoms with Gasteiger partial charge < -0.3 is 4.74 Å². The van der Waals surface area contributed by atoms with Crippen LogP contribution in [0.15, 0.2) is 0 Å². The van der Waals surface area contributed by atoms with Crippen molar-refractivity contribution in [1.29, 1.82) is 0 Å². The van der Waals surface area contributed by atoms with E-state index in [-0.39, 0.29) is 0 Å². The van der Waals surface area contributed by atoms with E-state index in [0.717, 1.165) is 32.3 Å². The Labute approximate surface area is 87.0 Å². The number of rotatable bonds is 3. The normalized spacial score (nSPS) is 31.1. The van der Waals surface area contributed by atoms with Crippen molar-refractivity contribution in [3.8, 4) is 0 Å². The number of hydrogen-bond donors (Lipinski definition) is 0. The smallest absolute Gasteiger partial charge is 0.0594 e. The molecule has 3 heteroatoms. The largest absolute Gasteiger partial charge is 0.379 e. The van der Waals surface area contributed by atoms with Crippen LogP contribution in [0.3, 0.4) is 0 Å². The highest BCUT2D eigenvalue weighted by atomic mass is 16.5. The molecule has 0 N–H and O–H groups in total. The summed E-state index contributed by atoms with van der Waals surface area (Å²) in [4.78, 5) is 5.18. The second-order valence-electron chi connectivity index (χ2n) is 4.34. The number of likely N-dealkylation sites (N-methyl/N-ethyl adjacent to an activating group) is 1. The van der Waals surface area contributed by atoms with E-state index < -0.39 is 0 Å². The minimum absolute atomic E-state index is 0.818. The van der Waals surface area contributed by atoms with Gasteiger partial charge >= 0.3 is 0 Å². The lowest BCUT2D eigenvalue weighted by Crippen LogP contribution is -2.44. The Kier molecular flexibility index (Phi) is 3.79. The van der Waals surface area contributed by atoms with Gasteiger partial charge in [0.1, 0.15) is 0 Å². The highest BCUT2D eigenvalue weighted by molar-refractivity contribution is 4.81. The molecule has 0 aromatic heterocycles. The van der Waals surface area contributed by atoms with E-state index in [1.807, 2.05) is 0 Å². The van der Waals surface area contributed by atoms with Crippen LogP contribution in [0.5, 0.6) is 0 Å². The first-order chi connectivity index (χ1) is 6.90. The third-order valence-corrected chi connectivity index (χ3v) is 3.48. The summed E-state index contributed by atoms with van der Waals surface area (Å²) in [6.45, 7) is 10.2. The maximum atomic E-state index is 5.36. The average Bonchev–Trinajstić information content (AvgIpc) is 2.67. The lowest BCUT2D eigenvalue weighted by molar-refractivity contribution is 0.0272. The number of likely N-dealkylation sites (tertiary alicyclic amines) is 1. The zero-order chi connectivity index (χ0) is 9.80. The van der Waals surface area contributed by atoms with Gasteiger partial charge in [0.2, 0.25) is 0 Å². The zero-order valence-corrected chi connectivity index (χ0v) is 9.24. The fourth-order valence-electron chi connectivity index (χ4n) is 2.60. The molecule has 0 radical (unpaired) electrons. The monoisotopic (exact) mass is 198 g/mol. The molecule has 1 atom stereocenters. The molecule has 0 spiro atoms. The van der Waals surface area contributed by atoms with Crippen molar-refractivity contribution in [3.63, 3.8) is 0 Å². The fourth-order valence-corrected chi connectivity index (χ4v) is 2.60. The number of nitrogens with zero attached hydrogens (tertiary/aromatic N) is 2. The molecule has 3 nitrogen and oxygen atoms in total. The maximum absolute atomic E-state index is 5.36. The molecule has 2 aliphatic heterocycles. The average molecular weight is 198 g/mol. The minimum Gasteiger partial charge on any atom is -0.379 e. The van der Waals surface area contributed by atoms with Crippen molar-refractivity contribution in [1.82, 2.24) is 9.80 Å². The van der Waals surface area contributed by atoms with Crippen molar-refractivity contribution in [2.45, 2.75) is 25.8 Å². The highest BCUT2D eigenvalue weighted by Crippen LogP contribution is 2.17. The molecule has 2 fully saturated rings. The van der Waals surface area contributed by atoms with Gasteiger partial charge in [-0.2, -0.15) is 0 Å². The van der Waals surface area contributed by atoms with Gasteiger partial charge in [0, 0.05) is 25.7 Å². The minimum atomic E-state index is 0.818. The molecule has 0 bridgehead atoms. The van der Waals surface area contributed by atoms with E-state index in [1.54, 1.807) is 0 Å². The van der Waals surface area contributed by atoms with Crippen LogP contribution >= 0.6 is 0 Å². The summed E-state index contributed by atoms with van der Waals surface area (Å²) in [6.07, 6.45) is 2.79. The molecule has 82 valence electrons. The summed E-state index contributed by atoms with van der Waals surface area (Å²) in [5.74, 6) is 0. The van der Waals surface area contributed by atoms with Crippen LogP contribution in [0.2, 0.25) is 0 Å². The van der Waals surface area contributed by atoms with Gasteiger partial charge in [0.05, 0.1) is 13.2 Å². The van der Waals surface area contributed by atoms with Gasteiger partial charge in [0.15, 0.2) is 0 Å². The van der Waals surface area contributed by atoms with Crippen molar-refractivity contribution >= 4 is 0 Å². The third-order valence-electron chi connectivity index (χ3n) is 3.48. The summed E-state index contributed by atoms with van der Waals surface area (Å²) in [6, 6.07) is 0.818. The van der Waals surface area contributed by atoms with E-state index in [0.29, 0.717) is 0 Å². The molecule has 0 amide bonds. The summed E-state index contributed by atoms with van der Waals surface area (Å²) in [5, 5.41) is 0. The summed E-state index contributed by atoms with van der Waals surface area (Å²) < 4.78 is 5.36. The van der Waals surface area contributed by atoms with Gasteiger partial charge in [-0.05, 0) is 25.9 Å². The Morgan fingerprint density at radius 1 is 1.21 bits per heavy atom. The predicted octanol–water partition coefficient (Wildman–Crippen LogP) is 0.803. The van der Waals surface area contributed by atoms with Crippen molar-refractivity contribution in [2.75, 3.05) is 45.9 Å². The van der Waals surface area contributed by atoms with Crippen LogP contribution < -0.4 is 0 Å². The molecule has 0 aromatic carbocycles. The summed E-state index contributed by atoms with van der Waals surface area (Å²) in [7, 11) is 0. The SMILES string of the molecule is CCN1CCC[C@@H]1CN1CCOCC1. The molecule has 2 rings (SSSR count). The number of morpholine rings is 1. The van der Waals surface area contributed by atoms with E-state index >= 15 is 0 Å². The van der Waals surface area contributed by atoms with E-state index in [2.05, 4.69) is 16.7 Å². The first-order valence-electron chi connectivity index (χ1n) is 5.94. The van der Waals surface area contributed by atoms with Gasteiger partial charge in [-0.15, -0.1) is 0 Å². The van der Waals surface area contributed by atoms with E-state index in [4.69, 9.17) is 4.74 Å². The van der Waals surface area contributed by atoms with Crippen LogP contribution in [0.1, 0.15) is 19.8 Å². The number of ether oxygens (including phenoxy) is 1. The standard InChI is InChI=1S/C11H22N2O/c1-2-13-5-3-4-11(13)10-12-6-8-14-9-7-12/h11H,2-10H2,1H3/t11-/m1/s1. The van der Waals surface area contributed by atoms with Crippen LogP contribution in [-0.2, 0) is 4.74 Å². The van der Waals surface area contributed by atoms with Crippen molar-refractivity contribution in [3.05, 3.63) is 0 Å². The maximum Gasteiger partial charge on any atom is 0.0594 e. The molecular weight excluding hydrogens is 176 g/mol. The van der Waals surface area contributed by atoms with Crippen LogP contribution in [0.25, 0.3) is 0 Å². The molecular formula is C11H22N2O. The lowest BCUT2D eigenvalue weighted by Gasteiger charge is -2.32. The van der Waals surface area contributed by atoms with E-state index in [1.165, 1.54) is 32.5 Å². The van der Waals surface area contributed by atoms with Crippen LogP contribution in [0, 0.1) is 0 Å². The zero-order valence-electron chi connectivity index (χ0n) is 9.24. The van der Waals surface area contributed by atoms with Gasteiger partial charge in [-0.25, -0.2) is 0 Å². The van der Waals surface area contributed by atoms with Gasteiger partial charge in [0.25, 0.3) is 0 Å². The highest BCUT2D eigenvalue weighted by Gasteiger charge is 2.25. The van der Waals surface area contributed by atoms with Gasteiger partial charge in [-0.3, -0.25) is 9.80 Å². The molecule has 0 aliphatic carbocycles. The summed E-state index contributed by atoms with van der Waals surface area (Å²) in [5.41, 5.74) is 0. The van der Waals surface area contributed by atoms with Crippen molar-refractivity contribution < 1.29 is 4.74 Å². The quantitative estimate of drug-likeness (QED) is 0.667.